The number of hydrogen-bond donors (Lipinski definition) is 1. The van der Waals surface area contributed by atoms with Gasteiger partial charge in [0.2, 0.25) is 0 Å². The van der Waals surface area contributed by atoms with Gasteiger partial charge in [-0.3, -0.25) is 10.1 Å². The number of rotatable bonds is 4. The molecule has 2 aromatic rings. The van der Waals surface area contributed by atoms with Crippen LogP contribution in [0.1, 0.15) is 17.5 Å². The lowest BCUT2D eigenvalue weighted by Gasteiger charge is -2.10. The third-order valence-corrected chi connectivity index (χ3v) is 2.46. The fourth-order valence-corrected chi connectivity index (χ4v) is 1.56. The molecule has 0 bridgehead atoms. The van der Waals surface area contributed by atoms with Crippen LogP contribution in [0.2, 0.25) is 0 Å². The van der Waals surface area contributed by atoms with E-state index in [1.54, 1.807) is 12.1 Å². The maximum atomic E-state index is 10.6. The van der Waals surface area contributed by atoms with E-state index in [1.165, 1.54) is 29.2 Å². The van der Waals surface area contributed by atoms with E-state index in [9.17, 15) is 15.2 Å². The Hall–Kier alpha value is -2.79. The third kappa shape index (κ3) is 2.91. The van der Waals surface area contributed by atoms with Gasteiger partial charge in [-0.15, -0.1) is 5.10 Å². The van der Waals surface area contributed by atoms with E-state index in [-0.39, 0.29) is 18.1 Å². The molecule has 1 unspecified atom stereocenters. The maximum absolute atomic E-state index is 10.6. The van der Waals surface area contributed by atoms with Gasteiger partial charge in [-0.25, -0.2) is 9.67 Å². The molecule has 0 radical (unpaired) electrons. The maximum Gasteiger partial charge on any atom is 0.269 e. The molecule has 0 saturated heterocycles. The zero-order valence-corrected chi connectivity index (χ0v) is 9.67. The summed E-state index contributed by atoms with van der Waals surface area (Å²) in [6.07, 6.45) is 0.354. The van der Waals surface area contributed by atoms with Gasteiger partial charge in [0, 0.05) is 12.1 Å². The summed E-state index contributed by atoms with van der Waals surface area (Å²) < 4.78 is 1.31. The lowest BCUT2D eigenvalue weighted by atomic mass is 10.1. The third-order valence-electron chi connectivity index (χ3n) is 2.46. The van der Waals surface area contributed by atoms with E-state index in [0.29, 0.717) is 5.56 Å². The van der Waals surface area contributed by atoms with Gasteiger partial charge in [0.25, 0.3) is 11.5 Å². The summed E-state index contributed by atoms with van der Waals surface area (Å²) >= 11 is 0. The molecule has 1 N–H and O–H groups in total. The zero-order valence-electron chi connectivity index (χ0n) is 9.67. The first-order chi connectivity index (χ1) is 9.10. The number of benzene rings is 1. The molecule has 1 aromatic heterocycles. The van der Waals surface area contributed by atoms with Crippen molar-refractivity contribution in [3.63, 3.8) is 0 Å². The van der Waals surface area contributed by atoms with Gasteiger partial charge >= 0.3 is 0 Å². The first-order valence-corrected chi connectivity index (χ1v) is 5.32. The van der Waals surface area contributed by atoms with Crippen molar-refractivity contribution >= 4 is 5.69 Å². The molecule has 19 heavy (non-hydrogen) atoms. The average Bonchev–Trinajstić information content (AvgIpc) is 2.86. The highest BCUT2D eigenvalue weighted by Gasteiger charge is 2.13. The van der Waals surface area contributed by atoms with Crippen LogP contribution in [0.25, 0.3) is 0 Å². The van der Waals surface area contributed by atoms with Gasteiger partial charge < -0.3 is 5.11 Å². The molecule has 0 spiro atoms. The molecule has 2 rings (SSSR count). The van der Waals surface area contributed by atoms with Crippen molar-refractivity contribution in [3.05, 3.63) is 52.1 Å². The van der Waals surface area contributed by atoms with Crippen LogP contribution in [0, 0.1) is 21.4 Å². The number of aromatic nitrogens is 3. The lowest BCUT2D eigenvalue weighted by Crippen LogP contribution is -2.09. The number of aliphatic hydroxyl groups is 1. The van der Waals surface area contributed by atoms with Crippen LogP contribution in [0.4, 0.5) is 5.69 Å². The molecule has 0 aliphatic heterocycles. The first kappa shape index (κ1) is 12.7. The van der Waals surface area contributed by atoms with Crippen molar-refractivity contribution in [1.82, 2.24) is 14.8 Å². The number of hydrogen-bond acceptors (Lipinski definition) is 6. The summed E-state index contributed by atoms with van der Waals surface area (Å²) in [6.45, 7) is 0.0653. The minimum atomic E-state index is -0.965. The highest BCUT2D eigenvalue weighted by Crippen LogP contribution is 2.20. The Morgan fingerprint density at radius 1 is 1.58 bits per heavy atom. The smallest absolute Gasteiger partial charge is 0.269 e. The molecule has 96 valence electrons. The largest absolute Gasteiger partial charge is 0.386 e. The lowest BCUT2D eigenvalue weighted by molar-refractivity contribution is -0.385. The van der Waals surface area contributed by atoms with E-state index in [0.717, 1.165) is 0 Å². The van der Waals surface area contributed by atoms with Crippen LogP contribution in [-0.2, 0) is 6.54 Å². The van der Waals surface area contributed by atoms with Gasteiger partial charge in [0.05, 0.1) is 17.6 Å². The fraction of sp³-hybridized carbons (Fsp3) is 0.182. The number of aliphatic hydroxyl groups excluding tert-OH is 1. The Morgan fingerprint density at radius 2 is 2.37 bits per heavy atom. The average molecular weight is 259 g/mol. The van der Waals surface area contributed by atoms with Crippen LogP contribution in [0.5, 0.6) is 0 Å². The van der Waals surface area contributed by atoms with Crippen molar-refractivity contribution in [2.75, 3.05) is 0 Å². The molecule has 0 saturated carbocycles. The van der Waals surface area contributed by atoms with Crippen molar-refractivity contribution < 1.29 is 10.0 Å². The van der Waals surface area contributed by atoms with Crippen molar-refractivity contribution in [3.8, 4) is 6.07 Å². The SMILES string of the molecule is N#Cc1ncn(CC(O)c2cccc([N+](=O)[O-])c2)n1. The summed E-state index contributed by atoms with van der Waals surface area (Å²) in [6, 6.07) is 7.50. The molecule has 0 aliphatic rings. The quantitative estimate of drug-likeness (QED) is 0.640. The van der Waals surface area contributed by atoms with E-state index in [2.05, 4.69) is 10.1 Å². The van der Waals surface area contributed by atoms with Crippen LogP contribution in [-0.4, -0.2) is 24.8 Å². The number of nitriles is 1. The molecule has 0 fully saturated rings. The second-order valence-electron chi connectivity index (χ2n) is 3.77. The Balaban J connectivity index is 2.15. The summed E-state index contributed by atoms with van der Waals surface area (Å²) in [5.41, 5.74) is 0.316. The van der Waals surface area contributed by atoms with Crippen molar-refractivity contribution in [1.29, 1.82) is 5.26 Å². The molecule has 0 amide bonds. The number of nitrogens with zero attached hydrogens (tertiary/aromatic N) is 5. The van der Waals surface area contributed by atoms with Crippen molar-refractivity contribution in [2.45, 2.75) is 12.6 Å². The second-order valence-corrected chi connectivity index (χ2v) is 3.77. The Labute approximate surface area is 107 Å². The Morgan fingerprint density at radius 3 is 3.00 bits per heavy atom. The summed E-state index contributed by atoms with van der Waals surface area (Å²) in [7, 11) is 0. The fourth-order valence-electron chi connectivity index (χ4n) is 1.56. The van der Waals surface area contributed by atoms with Gasteiger partial charge in [0.15, 0.2) is 0 Å². The standard InChI is InChI=1S/C11H9N5O3/c12-5-11-13-7-15(14-11)6-10(17)8-2-1-3-9(4-8)16(18)19/h1-4,7,10,17H,6H2. The van der Waals surface area contributed by atoms with Gasteiger partial charge in [-0.2, -0.15) is 5.26 Å². The van der Waals surface area contributed by atoms with E-state index < -0.39 is 11.0 Å². The minimum Gasteiger partial charge on any atom is -0.386 e. The predicted octanol–water partition coefficient (Wildman–Crippen LogP) is 0.792. The Bertz CT molecular complexity index is 646. The topological polar surface area (TPSA) is 118 Å². The molecule has 8 heteroatoms. The van der Waals surface area contributed by atoms with Gasteiger partial charge in [0.1, 0.15) is 12.4 Å². The summed E-state index contributed by atoms with van der Waals surface area (Å²) in [5.74, 6) is 0.00578. The van der Waals surface area contributed by atoms with Gasteiger partial charge in [-0.1, -0.05) is 12.1 Å². The Kier molecular flexibility index (Phi) is 3.49. The van der Waals surface area contributed by atoms with Crippen LogP contribution in [0.3, 0.4) is 0 Å². The van der Waals surface area contributed by atoms with E-state index in [1.807, 2.05) is 0 Å². The minimum absolute atomic E-state index is 0.00578. The highest BCUT2D eigenvalue weighted by molar-refractivity contribution is 5.35. The van der Waals surface area contributed by atoms with E-state index in [4.69, 9.17) is 5.26 Å². The molecule has 8 nitrogen and oxygen atoms in total. The number of nitro groups is 1. The van der Waals surface area contributed by atoms with Crippen LogP contribution < -0.4 is 0 Å². The summed E-state index contributed by atoms with van der Waals surface area (Å²) in [5, 5.41) is 33.0. The van der Waals surface area contributed by atoms with Gasteiger partial charge in [-0.05, 0) is 5.56 Å². The van der Waals surface area contributed by atoms with Crippen LogP contribution in [0.15, 0.2) is 30.6 Å². The molecule has 1 atom stereocenters. The normalized spacial score (nSPS) is 11.8. The predicted molar refractivity (Wildman–Crippen MR) is 62.8 cm³/mol. The zero-order chi connectivity index (χ0) is 13.8. The number of non-ortho nitro benzene ring substituents is 1. The monoisotopic (exact) mass is 259 g/mol. The molecular formula is C11H9N5O3. The first-order valence-electron chi connectivity index (χ1n) is 5.32. The molecular weight excluding hydrogens is 250 g/mol. The van der Waals surface area contributed by atoms with Crippen molar-refractivity contribution in [2.24, 2.45) is 0 Å². The molecule has 0 aliphatic carbocycles. The number of nitro benzene ring substituents is 1. The highest BCUT2D eigenvalue weighted by atomic mass is 16.6. The van der Waals surface area contributed by atoms with E-state index >= 15 is 0 Å². The molecule has 1 heterocycles. The summed E-state index contributed by atoms with van der Waals surface area (Å²) in [4.78, 5) is 13.8. The second kappa shape index (κ2) is 5.24. The van der Waals surface area contributed by atoms with Crippen LogP contribution >= 0.6 is 0 Å². The molecule has 1 aromatic carbocycles.